The highest BCUT2D eigenvalue weighted by Crippen LogP contribution is 2.26. The lowest BCUT2D eigenvalue weighted by Gasteiger charge is -2.19. The molecule has 0 saturated heterocycles. The van der Waals surface area contributed by atoms with Gasteiger partial charge in [-0.25, -0.2) is 0 Å². The minimum Gasteiger partial charge on any atom is -0.381 e. The largest absolute Gasteiger partial charge is 0.381 e. The minimum atomic E-state index is 0.265. The van der Waals surface area contributed by atoms with Gasteiger partial charge in [-0.2, -0.15) is 0 Å². The van der Waals surface area contributed by atoms with Gasteiger partial charge in [0.25, 0.3) is 0 Å². The van der Waals surface area contributed by atoms with Gasteiger partial charge in [0.1, 0.15) is 0 Å². The lowest BCUT2D eigenvalue weighted by Crippen LogP contribution is -2.22. The third kappa shape index (κ3) is 5.15. The van der Waals surface area contributed by atoms with Crippen LogP contribution in [0.2, 0.25) is 10.0 Å². The van der Waals surface area contributed by atoms with E-state index in [0.29, 0.717) is 10.0 Å². The molecule has 2 nitrogen and oxygen atoms in total. The van der Waals surface area contributed by atoms with Crippen LogP contribution in [-0.2, 0) is 4.74 Å². The third-order valence-electron chi connectivity index (χ3n) is 2.70. The van der Waals surface area contributed by atoms with Crippen molar-refractivity contribution in [2.45, 2.75) is 32.7 Å². The van der Waals surface area contributed by atoms with Crippen LogP contribution in [0.1, 0.15) is 38.3 Å². The van der Waals surface area contributed by atoms with Crippen LogP contribution in [0.5, 0.6) is 0 Å². The molecular formula is C14H21Cl2NO. The summed E-state index contributed by atoms with van der Waals surface area (Å²) in [5.74, 6) is 0. The molecule has 4 heteroatoms. The summed E-state index contributed by atoms with van der Waals surface area (Å²) in [7, 11) is 0. The molecule has 0 radical (unpaired) electrons. The van der Waals surface area contributed by atoms with Gasteiger partial charge in [-0.3, -0.25) is 0 Å². The fraction of sp³-hybridized carbons (Fsp3) is 0.571. The van der Waals surface area contributed by atoms with Crippen LogP contribution >= 0.6 is 23.2 Å². The van der Waals surface area contributed by atoms with E-state index in [9.17, 15) is 0 Å². The second kappa shape index (κ2) is 8.76. The first-order valence-corrected chi connectivity index (χ1v) is 7.20. The van der Waals surface area contributed by atoms with Crippen LogP contribution in [0.25, 0.3) is 0 Å². The molecule has 0 heterocycles. The maximum Gasteiger partial charge on any atom is 0.0595 e. The Morgan fingerprint density at radius 1 is 1.17 bits per heavy atom. The standard InChI is InChI=1S/C14H21Cl2NO/c1-3-8-18-9-7-14(17-4-2)11-5-6-12(15)13(16)10-11/h5-6,10,14,17H,3-4,7-9H2,1-2H3. The van der Waals surface area contributed by atoms with E-state index in [2.05, 4.69) is 19.2 Å². The smallest absolute Gasteiger partial charge is 0.0595 e. The van der Waals surface area contributed by atoms with Gasteiger partial charge in [0.05, 0.1) is 10.0 Å². The molecule has 0 fully saturated rings. The molecule has 1 atom stereocenters. The highest BCUT2D eigenvalue weighted by molar-refractivity contribution is 6.42. The first-order valence-electron chi connectivity index (χ1n) is 6.45. The lowest BCUT2D eigenvalue weighted by atomic mass is 10.0. The lowest BCUT2D eigenvalue weighted by molar-refractivity contribution is 0.124. The number of hydrogen-bond acceptors (Lipinski definition) is 2. The van der Waals surface area contributed by atoms with Crippen molar-refractivity contribution in [2.75, 3.05) is 19.8 Å². The van der Waals surface area contributed by atoms with Crippen molar-refractivity contribution in [1.82, 2.24) is 5.32 Å². The van der Waals surface area contributed by atoms with Gasteiger partial charge in [0.15, 0.2) is 0 Å². The first-order chi connectivity index (χ1) is 8.69. The Kier molecular flexibility index (Phi) is 7.68. The van der Waals surface area contributed by atoms with Gasteiger partial charge < -0.3 is 10.1 Å². The summed E-state index contributed by atoms with van der Waals surface area (Å²) in [6, 6.07) is 6.05. The molecular weight excluding hydrogens is 269 g/mol. The molecule has 0 aliphatic rings. The van der Waals surface area contributed by atoms with Gasteiger partial charge in [0, 0.05) is 19.3 Å². The zero-order valence-corrected chi connectivity index (χ0v) is 12.5. The Morgan fingerprint density at radius 2 is 1.94 bits per heavy atom. The average molecular weight is 290 g/mol. The number of benzene rings is 1. The zero-order chi connectivity index (χ0) is 13.4. The molecule has 102 valence electrons. The Balaban J connectivity index is 2.61. The molecule has 1 aromatic rings. The van der Waals surface area contributed by atoms with E-state index in [1.165, 1.54) is 0 Å². The van der Waals surface area contributed by atoms with E-state index < -0.39 is 0 Å². The number of ether oxygens (including phenoxy) is 1. The third-order valence-corrected chi connectivity index (χ3v) is 3.43. The van der Waals surface area contributed by atoms with Crippen LogP contribution in [0.15, 0.2) is 18.2 Å². The normalized spacial score (nSPS) is 12.7. The van der Waals surface area contributed by atoms with Crippen LogP contribution in [-0.4, -0.2) is 19.8 Å². The van der Waals surface area contributed by atoms with Gasteiger partial charge in [-0.1, -0.05) is 43.1 Å². The molecule has 0 bridgehead atoms. The summed E-state index contributed by atoms with van der Waals surface area (Å²) in [4.78, 5) is 0. The van der Waals surface area contributed by atoms with Crippen molar-refractivity contribution >= 4 is 23.2 Å². The summed E-state index contributed by atoms with van der Waals surface area (Å²) < 4.78 is 5.54. The summed E-state index contributed by atoms with van der Waals surface area (Å²) in [5, 5.41) is 4.64. The molecule has 0 aliphatic heterocycles. The molecule has 0 aliphatic carbocycles. The zero-order valence-electron chi connectivity index (χ0n) is 11.0. The fourth-order valence-electron chi connectivity index (χ4n) is 1.81. The predicted molar refractivity (Wildman–Crippen MR) is 78.6 cm³/mol. The summed E-state index contributed by atoms with van der Waals surface area (Å²) >= 11 is 12.0. The van der Waals surface area contributed by atoms with Crippen LogP contribution in [0, 0.1) is 0 Å². The van der Waals surface area contributed by atoms with E-state index in [4.69, 9.17) is 27.9 Å². The van der Waals surface area contributed by atoms with Crippen molar-refractivity contribution < 1.29 is 4.74 Å². The Labute approximate surface area is 120 Å². The number of hydrogen-bond donors (Lipinski definition) is 1. The number of rotatable bonds is 8. The van der Waals surface area contributed by atoms with Crippen molar-refractivity contribution in [3.05, 3.63) is 33.8 Å². The molecule has 1 N–H and O–H groups in total. The van der Waals surface area contributed by atoms with Gasteiger partial charge >= 0.3 is 0 Å². The summed E-state index contributed by atoms with van der Waals surface area (Å²) in [6.45, 7) is 6.70. The molecule has 0 spiro atoms. The monoisotopic (exact) mass is 289 g/mol. The van der Waals surface area contributed by atoms with Crippen LogP contribution in [0.3, 0.4) is 0 Å². The molecule has 1 unspecified atom stereocenters. The molecule has 1 aromatic carbocycles. The Morgan fingerprint density at radius 3 is 2.56 bits per heavy atom. The fourth-order valence-corrected chi connectivity index (χ4v) is 2.12. The van der Waals surface area contributed by atoms with E-state index in [-0.39, 0.29) is 6.04 Å². The minimum absolute atomic E-state index is 0.265. The Hall–Kier alpha value is -0.280. The van der Waals surface area contributed by atoms with Crippen molar-refractivity contribution in [2.24, 2.45) is 0 Å². The molecule has 0 aromatic heterocycles. The average Bonchev–Trinajstić information content (AvgIpc) is 2.37. The van der Waals surface area contributed by atoms with Gasteiger partial charge in [-0.05, 0) is 37.1 Å². The maximum atomic E-state index is 6.05. The molecule has 0 saturated carbocycles. The van der Waals surface area contributed by atoms with Crippen LogP contribution < -0.4 is 5.32 Å². The quantitative estimate of drug-likeness (QED) is 0.714. The van der Waals surface area contributed by atoms with Crippen molar-refractivity contribution in [3.8, 4) is 0 Å². The highest BCUT2D eigenvalue weighted by Gasteiger charge is 2.11. The second-order valence-electron chi connectivity index (χ2n) is 4.18. The van der Waals surface area contributed by atoms with E-state index in [1.54, 1.807) is 0 Å². The summed E-state index contributed by atoms with van der Waals surface area (Å²) in [5.41, 5.74) is 1.16. The second-order valence-corrected chi connectivity index (χ2v) is 5.00. The first kappa shape index (κ1) is 15.8. The molecule has 18 heavy (non-hydrogen) atoms. The van der Waals surface area contributed by atoms with Gasteiger partial charge in [-0.15, -0.1) is 0 Å². The topological polar surface area (TPSA) is 21.3 Å². The number of nitrogens with one attached hydrogen (secondary N) is 1. The number of halogens is 2. The van der Waals surface area contributed by atoms with E-state index >= 15 is 0 Å². The van der Waals surface area contributed by atoms with Crippen molar-refractivity contribution in [3.63, 3.8) is 0 Å². The van der Waals surface area contributed by atoms with Crippen molar-refractivity contribution in [1.29, 1.82) is 0 Å². The SMILES string of the molecule is CCCOCCC(NCC)c1ccc(Cl)c(Cl)c1. The highest BCUT2D eigenvalue weighted by atomic mass is 35.5. The van der Waals surface area contributed by atoms with Gasteiger partial charge in [0.2, 0.25) is 0 Å². The van der Waals surface area contributed by atoms with Crippen LogP contribution in [0.4, 0.5) is 0 Å². The van der Waals surface area contributed by atoms with E-state index in [1.807, 2.05) is 18.2 Å². The molecule has 1 rings (SSSR count). The predicted octanol–water partition coefficient (Wildman–Crippen LogP) is 4.46. The maximum absolute atomic E-state index is 6.05. The van der Waals surface area contributed by atoms with E-state index in [0.717, 1.165) is 38.2 Å². The Bertz CT molecular complexity index is 358. The molecule has 0 amide bonds. The summed E-state index contributed by atoms with van der Waals surface area (Å²) in [6.07, 6.45) is 1.99.